The molecule has 0 radical (unpaired) electrons. The molecule has 0 bridgehead atoms. The number of morpholine rings is 1. The summed E-state index contributed by atoms with van der Waals surface area (Å²) < 4.78 is 14.0. The molecular weight excluding hydrogens is 434 g/mol. The van der Waals surface area contributed by atoms with Crippen LogP contribution in [0, 0.1) is 0 Å². The van der Waals surface area contributed by atoms with Crippen LogP contribution in [0.3, 0.4) is 0 Å². The third-order valence-electron chi connectivity index (χ3n) is 5.86. The van der Waals surface area contributed by atoms with E-state index in [1.807, 2.05) is 9.58 Å². The quantitative estimate of drug-likeness (QED) is 0.687. The lowest BCUT2D eigenvalue weighted by atomic mass is 9.88. The zero-order chi connectivity index (χ0) is 20.8. The van der Waals surface area contributed by atoms with Gasteiger partial charge >= 0.3 is 0 Å². The molecule has 0 unspecified atom stereocenters. The zero-order valence-corrected chi connectivity index (χ0v) is 19.1. The molecule has 2 heterocycles. The van der Waals surface area contributed by atoms with Gasteiger partial charge in [-0.2, -0.15) is 5.10 Å². The molecule has 6 nitrogen and oxygen atoms in total. The van der Waals surface area contributed by atoms with Crippen molar-refractivity contribution in [3.63, 3.8) is 0 Å². The number of methoxy groups -OCH3 is 1. The molecule has 2 aliphatic rings. The van der Waals surface area contributed by atoms with Gasteiger partial charge in [-0.3, -0.25) is 9.48 Å². The highest BCUT2D eigenvalue weighted by molar-refractivity contribution is 9.10. The van der Waals surface area contributed by atoms with Gasteiger partial charge in [0.15, 0.2) is 5.69 Å². The molecule has 0 saturated carbocycles. The number of amides is 1. The summed E-state index contributed by atoms with van der Waals surface area (Å²) in [7, 11) is 1.68. The van der Waals surface area contributed by atoms with Crippen LogP contribution in [0.25, 0.3) is 11.3 Å². The number of carbonyl (C=O) groups excluding carboxylic acids is 1. The van der Waals surface area contributed by atoms with Crippen molar-refractivity contribution < 1.29 is 14.3 Å². The number of ether oxygens (including phenoxy) is 2. The van der Waals surface area contributed by atoms with E-state index in [9.17, 15) is 4.79 Å². The van der Waals surface area contributed by atoms with E-state index in [0.29, 0.717) is 25.5 Å². The summed E-state index contributed by atoms with van der Waals surface area (Å²) in [5.74, 6) is 0.848. The largest absolute Gasteiger partial charge is 0.496 e. The third kappa shape index (κ3) is 3.48. The average molecular weight is 462 g/mol. The maximum absolute atomic E-state index is 13.5. The molecule has 1 aliphatic heterocycles. The Morgan fingerprint density at radius 3 is 2.83 bits per heavy atom. The predicted molar refractivity (Wildman–Crippen MR) is 116 cm³/mol. The number of aromatic nitrogens is 2. The van der Waals surface area contributed by atoms with Gasteiger partial charge in [0.05, 0.1) is 36.0 Å². The van der Waals surface area contributed by atoms with E-state index in [4.69, 9.17) is 14.6 Å². The van der Waals surface area contributed by atoms with Crippen LogP contribution in [0.15, 0.2) is 16.6 Å². The van der Waals surface area contributed by atoms with Crippen LogP contribution in [0.1, 0.15) is 48.8 Å². The van der Waals surface area contributed by atoms with Gasteiger partial charge in [0.1, 0.15) is 5.75 Å². The minimum absolute atomic E-state index is 0.0143. The molecule has 0 atom stereocenters. The SMILES string of the molecule is CCCn1nc(C(=O)N2CCOCC2(C)C)c2c1-c1cc(Br)c(OC)cc1CC2. The second-order valence-corrected chi connectivity index (χ2v) is 9.22. The van der Waals surface area contributed by atoms with Crippen LogP contribution in [0.4, 0.5) is 0 Å². The van der Waals surface area contributed by atoms with Crippen molar-refractivity contribution in [2.45, 2.75) is 52.1 Å². The lowest BCUT2D eigenvalue weighted by Crippen LogP contribution is -2.55. The third-order valence-corrected chi connectivity index (χ3v) is 6.48. The molecule has 1 aromatic carbocycles. The first-order valence-corrected chi connectivity index (χ1v) is 11.0. The fraction of sp³-hybridized carbons (Fsp3) is 0.545. The number of rotatable bonds is 4. The smallest absolute Gasteiger partial charge is 0.275 e. The lowest BCUT2D eigenvalue weighted by molar-refractivity contribution is -0.0374. The number of aryl methyl sites for hydroxylation is 2. The van der Waals surface area contributed by atoms with Crippen molar-refractivity contribution in [3.05, 3.63) is 33.4 Å². The Bertz CT molecular complexity index is 951. The van der Waals surface area contributed by atoms with Crippen LogP contribution in [0.5, 0.6) is 5.75 Å². The van der Waals surface area contributed by atoms with Gasteiger partial charge in [-0.25, -0.2) is 0 Å². The maximum Gasteiger partial charge on any atom is 0.275 e. The van der Waals surface area contributed by atoms with Gasteiger partial charge < -0.3 is 14.4 Å². The fourth-order valence-electron chi connectivity index (χ4n) is 4.38. The number of nitrogens with zero attached hydrogens (tertiary/aromatic N) is 3. The fourth-order valence-corrected chi connectivity index (χ4v) is 4.89. The molecule has 1 saturated heterocycles. The van der Waals surface area contributed by atoms with Gasteiger partial charge in [0.2, 0.25) is 0 Å². The Labute approximate surface area is 180 Å². The Morgan fingerprint density at radius 2 is 2.14 bits per heavy atom. The summed E-state index contributed by atoms with van der Waals surface area (Å²) in [5, 5.41) is 4.83. The monoisotopic (exact) mass is 461 g/mol. The standard InChI is InChI=1S/C22H28BrN3O3/c1-5-8-26-20-15(7-6-14-11-18(28-4)17(23)12-16(14)20)19(24-26)21(27)25-9-10-29-13-22(25,2)3/h11-12H,5-10,13H2,1-4H3. The Kier molecular flexibility index (Phi) is 5.46. The van der Waals surface area contributed by atoms with Crippen LogP contribution >= 0.6 is 15.9 Å². The van der Waals surface area contributed by atoms with E-state index >= 15 is 0 Å². The molecule has 7 heteroatoms. The number of hydrogen-bond acceptors (Lipinski definition) is 4. The van der Waals surface area contributed by atoms with E-state index in [1.165, 1.54) is 5.56 Å². The lowest BCUT2D eigenvalue weighted by Gasteiger charge is -2.41. The number of hydrogen-bond donors (Lipinski definition) is 0. The molecule has 0 spiro atoms. The summed E-state index contributed by atoms with van der Waals surface area (Å²) in [5.41, 5.74) is 4.78. The Balaban J connectivity index is 1.83. The van der Waals surface area contributed by atoms with Crippen molar-refractivity contribution >= 4 is 21.8 Å². The molecule has 1 aliphatic carbocycles. The van der Waals surface area contributed by atoms with E-state index in [-0.39, 0.29) is 11.4 Å². The second kappa shape index (κ2) is 7.76. The predicted octanol–water partition coefficient (Wildman–Crippen LogP) is 4.08. The van der Waals surface area contributed by atoms with Crippen LogP contribution in [-0.4, -0.2) is 53.0 Å². The minimum atomic E-state index is -0.334. The van der Waals surface area contributed by atoms with Gasteiger partial charge in [-0.15, -0.1) is 0 Å². The van der Waals surface area contributed by atoms with Gasteiger partial charge in [-0.05, 0) is 66.7 Å². The molecule has 4 rings (SSSR count). The summed E-state index contributed by atoms with van der Waals surface area (Å²) in [6.07, 6.45) is 2.64. The summed E-state index contributed by atoms with van der Waals surface area (Å²) in [6.45, 7) is 8.74. The zero-order valence-electron chi connectivity index (χ0n) is 17.5. The topological polar surface area (TPSA) is 56.6 Å². The average Bonchev–Trinajstić information content (AvgIpc) is 3.06. The maximum atomic E-state index is 13.5. The first-order chi connectivity index (χ1) is 13.9. The van der Waals surface area contributed by atoms with Crippen molar-refractivity contribution in [1.82, 2.24) is 14.7 Å². The van der Waals surface area contributed by atoms with Crippen LogP contribution < -0.4 is 4.74 Å². The number of benzene rings is 1. The normalized spacial score (nSPS) is 17.6. The number of fused-ring (bicyclic) bond motifs is 3. The van der Waals surface area contributed by atoms with Gasteiger partial charge in [-0.1, -0.05) is 6.92 Å². The van der Waals surface area contributed by atoms with Crippen molar-refractivity contribution in [3.8, 4) is 17.0 Å². The molecule has 1 aromatic heterocycles. The Hall–Kier alpha value is -1.86. The van der Waals surface area contributed by atoms with Crippen molar-refractivity contribution in [1.29, 1.82) is 0 Å². The molecule has 1 amide bonds. The molecule has 2 aromatic rings. The molecule has 156 valence electrons. The molecule has 1 fully saturated rings. The second-order valence-electron chi connectivity index (χ2n) is 8.36. The first-order valence-electron chi connectivity index (χ1n) is 10.2. The summed E-state index contributed by atoms with van der Waals surface area (Å²) >= 11 is 3.62. The molecule has 29 heavy (non-hydrogen) atoms. The highest BCUT2D eigenvalue weighted by Gasteiger charge is 2.38. The van der Waals surface area contributed by atoms with Crippen molar-refractivity contribution in [2.75, 3.05) is 26.9 Å². The molecule has 0 N–H and O–H groups in total. The van der Waals surface area contributed by atoms with Crippen molar-refractivity contribution in [2.24, 2.45) is 0 Å². The highest BCUT2D eigenvalue weighted by Crippen LogP contribution is 2.41. The van der Waals surface area contributed by atoms with E-state index in [1.54, 1.807) is 7.11 Å². The molecular formula is C22H28BrN3O3. The van der Waals surface area contributed by atoms with Crippen LogP contribution in [0.2, 0.25) is 0 Å². The first kappa shape index (κ1) is 20.4. The van der Waals surface area contributed by atoms with E-state index < -0.39 is 0 Å². The number of carbonyl (C=O) groups is 1. The highest BCUT2D eigenvalue weighted by atomic mass is 79.9. The van der Waals surface area contributed by atoms with Crippen LogP contribution in [-0.2, 0) is 24.1 Å². The summed E-state index contributed by atoms with van der Waals surface area (Å²) in [6, 6.07) is 4.20. The number of halogens is 1. The van der Waals surface area contributed by atoms with Gasteiger partial charge in [0.25, 0.3) is 5.91 Å². The van der Waals surface area contributed by atoms with Gasteiger partial charge in [0, 0.05) is 24.2 Å². The van der Waals surface area contributed by atoms with E-state index in [0.717, 1.165) is 52.9 Å². The Morgan fingerprint density at radius 1 is 1.34 bits per heavy atom. The summed E-state index contributed by atoms with van der Waals surface area (Å²) in [4.78, 5) is 15.5. The minimum Gasteiger partial charge on any atom is -0.496 e. The van der Waals surface area contributed by atoms with E-state index in [2.05, 4.69) is 48.8 Å².